The van der Waals surface area contributed by atoms with Crippen molar-refractivity contribution in [2.24, 2.45) is 0 Å². The standard InChI is InChI=1S/C27H21N3O5Se/c31-27(21-16-22(29(32)33)18-23(17-21)30(34)35)28-25(19-10-4-1-5-11-19)26(20-12-6-2-7-13-20)36-24-14-8-3-9-15-24/h1-18,25-26H,(H,28,31)/t25-,26-/m1/s1. The van der Waals surface area contributed by atoms with Crippen molar-refractivity contribution in [3.8, 4) is 0 Å². The number of amides is 1. The Morgan fingerprint density at radius 1 is 0.694 bits per heavy atom. The molecule has 4 aromatic rings. The van der Waals surface area contributed by atoms with Crippen LogP contribution in [0.5, 0.6) is 0 Å². The van der Waals surface area contributed by atoms with Crippen LogP contribution in [0, 0.1) is 20.2 Å². The Kier molecular flexibility index (Phi) is 7.85. The van der Waals surface area contributed by atoms with Crippen LogP contribution in [0.3, 0.4) is 0 Å². The van der Waals surface area contributed by atoms with Gasteiger partial charge in [-0.15, -0.1) is 0 Å². The van der Waals surface area contributed by atoms with Crippen molar-refractivity contribution in [2.75, 3.05) is 0 Å². The van der Waals surface area contributed by atoms with Gasteiger partial charge in [-0.2, -0.15) is 0 Å². The quantitative estimate of drug-likeness (QED) is 0.185. The van der Waals surface area contributed by atoms with Crippen LogP contribution in [0.15, 0.2) is 109 Å². The Balaban J connectivity index is 1.77. The maximum absolute atomic E-state index is 13.4. The molecule has 36 heavy (non-hydrogen) atoms. The Morgan fingerprint density at radius 3 is 1.67 bits per heavy atom. The number of nitrogens with one attached hydrogen (secondary N) is 1. The van der Waals surface area contributed by atoms with E-state index in [-0.39, 0.29) is 25.3 Å². The summed E-state index contributed by atoms with van der Waals surface area (Å²) in [4.78, 5) is 34.5. The third kappa shape index (κ3) is 6.02. The molecule has 4 aromatic carbocycles. The van der Waals surface area contributed by atoms with E-state index in [4.69, 9.17) is 0 Å². The van der Waals surface area contributed by atoms with E-state index in [1.54, 1.807) is 0 Å². The molecule has 0 unspecified atom stereocenters. The molecule has 0 saturated carbocycles. The molecule has 0 aromatic heterocycles. The van der Waals surface area contributed by atoms with Gasteiger partial charge in [0, 0.05) is 0 Å². The summed E-state index contributed by atoms with van der Waals surface area (Å²) in [6.07, 6.45) is 0. The van der Waals surface area contributed by atoms with Crippen LogP contribution in [0.1, 0.15) is 32.3 Å². The van der Waals surface area contributed by atoms with Gasteiger partial charge in [0.05, 0.1) is 0 Å². The predicted octanol–water partition coefficient (Wildman–Crippen LogP) is 4.75. The summed E-state index contributed by atoms with van der Waals surface area (Å²) in [5, 5.41) is 25.7. The first kappa shape index (κ1) is 24.8. The van der Waals surface area contributed by atoms with E-state index in [0.29, 0.717) is 0 Å². The number of non-ortho nitro benzene ring substituents is 2. The van der Waals surface area contributed by atoms with E-state index >= 15 is 0 Å². The van der Waals surface area contributed by atoms with E-state index in [0.717, 1.165) is 33.8 Å². The normalized spacial score (nSPS) is 12.3. The van der Waals surface area contributed by atoms with E-state index in [1.807, 2.05) is 91.0 Å². The molecule has 0 heterocycles. The van der Waals surface area contributed by atoms with E-state index in [9.17, 15) is 25.0 Å². The third-order valence-electron chi connectivity index (χ3n) is 5.47. The van der Waals surface area contributed by atoms with Gasteiger partial charge in [-0.1, -0.05) is 0 Å². The molecule has 9 heteroatoms. The van der Waals surface area contributed by atoms with Gasteiger partial charge in [0.15, 0.2) is 0 Å². The predicted molar refractivity (Wildman–Crippen MR) is 137 cm³/mol. The Bertz CT molecular complexity index is 1340. The molecule has 8 nitrogen and oxygen atoms in total. The number of nitrogens with zero attached hydrogens (tertiary/aromatic N) is 2. The van der Waals surface area contributed by atoms with Gasteiger partial charge in [-0.3, -0.25) is 0 Å². The third-order valence-corrected chi connectivity index (χ3v) is 8.29. The molecule has 1 N–H and O–H groups in total. The number of nitro benzene ring substituents is 2. The second-order valence-corrected chi connectivity index (χ2v) is 10.4. The first-order chi connectivity index (χ1) is 17.4. The molecular weight excluding hydrogens is 525 g/mol. The molecule has 0 aliphatic rings. The number of carbonyl (C=O) groups excluding carboxylic acids is 1. The summed E-state index contributed by atoms with van der Waals surface area (Å²) >= 11 is -0.106. The molecule has 0 fully saturated rings. The zero-order valence-corrected chi connectivity index (χ0v) is 20.6. The van der Waals surface area contributed by atoms with Crippen molar-refractivity contribution in [2.45, 2.75) is 10.9 Å². The molecule has 0 saturated heterocycles. The van der Waals surface area contributed by atoms with E-state index in [1.165, 1.54) is 0 Å². The minimum absolute atomic E-state index is 0.106. The zero-order valence-electron chi connectivity index (χ0n) is 18.9. The summed E-state index contributed by atoms with van der Waals surface area (Å²) in [6, 6.07) is 31.8. The molecule has 1 amide bonds. The van der Waals surface area contributed by atoms with Crippen molar-refractivity contribution in [3.05, 3.63) is 146 Å². The summed E-state index contributed by atoms with van der Waals surface area (Å²) in [6.45, 7) is 0. The molecular formula is C27H21N3O5Se. The van der Waals surface area contributed by atoms with Gasteiger partial charge in [0.25, 0.3) is 0 Å². The molecule has 4 rings (SSSR count). The van der Waals surface area contributed by atoms with Crippen LogP contribution in [-0.2, 0) is 0 Å². The molecule has 0 aliphatic heterocycles. The Labute approximate surface area is 213 Å². The van der Waals surface area contributed by atoms with Crippen molar-refractivity contribution in [1.29, 1.82) is 0 Å². The first-order valence-corrected chi connectivity index (χ1v) is 12.8. The minimum atomic E-state index is -0.746. The number of rotatable bonds is 9. The second-order valence-electron chi connectivity index (χ2n) is 7.88. The molecule has 180 valence electrons. The van der Waals surface area contributed by atoms with Crippen molar-refractivity contribution >= 4 is 36.7 Å². The fraction of sp³-hybridized carbons (Fsp3) is 0.0741. The van der Waals surface area contributed by atoms with Crippen molar-refractivity contribution in [1.82, 2.24) is 5.32 Å². The zero-order chi connectivity index (χ0) is 25.5. The van der Waals surface area contributed by atoms with Crippen LogP contribution in [0.4, 0.5) is 11.4 Å². The number of benzene rings is 4. The van der Waals surface area contributed by atoms with Gasteiger partial charge in [-0.25, -0.2) is 0 Å². The molecule has 0 aliphatic carbocycles. The molecule has 2 atom stereocenters. The fourth-order valence-electron chi connectivity index (χ4n) is 3.77. The van der Waals surface area contributed by atoms with Crippen LogP contribution in [-0.4, -0.2) is 30.7 Å². The summed E-state index contributed by atoms with van der Waals surface area (Å²) in [7, 11) is 0. The van der Waals surface area contributed by atoms with Crippen molar-refractivity contribution in [3.63, 3.8) is 0 Å². The molecule has 0 radical (unpaired) electrons. The summed E-state index contributed by atoms with van der Waals surface area (Å²) in [5.41, 5.74) is 0.714. The van der Waals surface area contributed by atoms with Crippen LogP contribution >= 0.6 is 0 Å². The Hall–Kier alpha value is -4.33. The van der Waals surface area contributed by atoms with Gasteiger partial charge in [0.2, 0.25) is 0 Å². The average Bonchev–Trinajstić information content (AvgIpc) is 2.91. The van der Waals surface area contributed by atoms with Gasteiger partial charge < -0.3 is 0 Å². The molecule has 0 spiro atoms. The maximum atomic E-state index is 13.4. The van der Waals surface area contributed by atoms with Crippen molar-refractivity contribution < 1.29 is 14.6 Å². The first-order valence-electron chi connectivity index (χ1n) is 11.0. The molecule has 0 bridgehead atoms. The SMILES string of the molecule is O=C(N[C@H](c1ccccc1)[C@H]([Se]c1ccccc1)c1ccccc1)c1cc([N+](=O)[O-])cc([N+](=O)[O-])c1. The fourth-order valence-corrected chi connectivity index (χ4v) is 6.42. The van der Waals surface area contributed by atoms with Gasteiger partial charge >= 0.3 is 214 Å². The number of carbonyl (C=O) groups is 1. The van der Waals surface area contributed by atoms with Crippen LogP contribution in [0.25, 0.3) is 0 Å². The van der Waals surface area contributed by atoms with Gasteiger partial charge in [-0.05, 0) is 0 Å². The summed E-state index contributed by atoms with van der Waals surface area (Å²) in [5.74, 6) is -0.625. The van der Waals surface area contributed by atoms with Crippen LogP contribution < -0.4 is 9.78 Å². The summed E-state index contributed by atoms with van der Waals surface area (Å²) < 4.78 is 1.14. The number of hydrogen-bond acceptors (Lipinski definition) is 5. The second kappa shape index (κ2) is 11.4. The monoisotopic (exact) mass is 547 g/mol. The van der Waals surface area contributed by atoms with E-state index < -0.39 is 33.2 Å². The topological polar surface area (TPSA) is 115 Å². The number of nitro groups is 2. The Morgan fingerprint density at radius 2 is 1.17 bits per heavy atom. The van der Waals surface area contributed by atoms with Gasteiger partial charge in [0.1, 0.15) is 0 Å². The van der Waals surface area contributed by atoms with E-state index in [2.05, 4.69) is 5.32 Å². The number of hydrogen-bond donors (Lipinski definition) is 1. The average molecular weight is 546 g/mol. The van der Waals surface area contributed by atoms with Crippen LogP contribution in [0.2, 0.25) is 0 Å².